The van der Waals surface area contributed by atoms with Crippen LogP contribution in [0.3, 0.4) is 0 Å². The van der Waals surface area contributed by atoms with Gasteiger partial charge in [0.2, 0.25) is 0 Å². The quantitative estimate of drug-likeness (QED) is 0.548. The molecule has 1 aromatic heterocycles. The molecular weight excluding hydrogens is 192 g/mol. The molecule has 0 radical (unpaired) electrons. The normalized spacial score (nSPS) is 10.0. The molecule has 78 valence electrons. The van der Waals surface area contributed by atoms with Crippen LogP contribution in [0.2, 0.25) is 0 Å². The van der Waals surface area contributed by atoms with Gasteiger partial charge in [0.15, 0.2) is 5.82 Å². The highest BCUT2D eigenvalue weighted by Crippen LogP contribution is 2.24. The van der Waals surface area contributed by atoms with Gasteiger partial charge in [0.25, 0.3) is 0 Å². The molecule has 0 atom stereocenters. The molecule has 0 saturated heterocycles. The Morgan fingerprint density at radius 3 is 2.87 bits per heavy atom. The van der Waals surface area contributed by atoms with Gasteiger partial charge < -0.3 is 9.64 Å². The summed E-state index contributed by atoms with van der Waals surface area (Å²) in [5, 5.41) is 8.94. The van der Waals surface area contributed by atoms with Crippen molar-refractivity contribution in [1.29, 1.82) is 5.26 Å². The lowest BCUT2D eigenvalue weighted by Crippen LogP contribution is -2.07. The highest BCUT2D eigenvalue weighted by Gasteiger charge is 2.08. The number of methoxy groups -OCH3 is 1. The number of aliphatic imine (C=N–C) groups is 1. The van der Waals surface area contributed by atoms with Crippen molar-refractivity contribution in [3.8, 4) is 11.8 Å². The molecule has 5 nitrogen and oxygen atoms in total. The SMILES string of the molecule is COc1ccnc(N=CN(C)C)c1C#N. The predicted octanol–water partition coefficient (Wildman–Crippen LogP) is 1.18. The van der Waals surface area contributed by atoms with E-state index in [0.717, 1.165) is 0 Å². The van der Waals surface area contributed by atoms with Gasteiger partial charge in [0.05, 0.1) is 13.4 Å². The highest BCUT2D eigenvalue weighted by atomic mass is 16.5. The Morgan fingerprint density at radius 2 is 2.33 bits per heavy atom. The van der Waals surface area contributed by atoms with Crippen molar-refractivity contribution in [1.82, 2.24) is 9.88 Å². The van der Waals surface area contributed by atoms with Crippen LogP contribution in [0.1, 0.15) is 5.56 Å². The Bertz CT molecular complexity index is 406. The van der Waals surface area contributed by atoms with Gasteiger partial charge in [-0.1, -0.05) is 0 Å². The predicted molar refractivity (Wildman–Crippen MR) is 57.3 cm³/mol. The van der Waals surface area contributed by atoms with Crippen LogP contribution in [0.15, 0.2) is 17.3 Å². The van der Waals surface area contributed by atoms with Crippen LogP contribution in [-0.2, 0) is 0 Å². The fourth-order valence-electron chi connectivity index (χ4n) is 0.977. The van der Waals surface area contributed by atoms with Crippen LogP contribution in [0, 0.1) is 11.3 Å². The van der Waals surface area contributed by atoms with Crippen molar-refractivity contribution in [2.24, 2.45) is 4.99 Å². The summed E-state index contributed by atoms with van der Waals surface area (Å²) in [6, 6.07) is 3.65. The number of ether oxygens (including phenoxy) is 1. The van der Waals surface area contributed by atoms with Gasteiger partial charge in [-0.3, -0.25) is 0 Å². The maximum Gasteiger partial charge on any atom is 0.175 e. The van der Waals surface area contributed by atoms with Crippen LogP contribution in [0.4, 0.5) is 5.82 Å². The van der Waals surface area contributed by atoms with E-state index in [2.05, 4.69) is 9.98 Å². The van der Waals surface area contributed by atoms with E-state index in [0.29, 0.717) is 17.1 Å². The van der Waals surface area contributed by atoms with E-state index in [4.69, 9.17) is 10.00 Å². The summed E-state index contributed by atoms with van der Waals surface area (Å²) in [5.74, 6) is 0.851. The Balaban J connectivity index is 3.13. The molecule has 0 saturated carbocycles. The van der Waals surface area contributed by atoms with Gasteiger partial charge >= 0.3 is 0 Å². The topological polar surface area (TPSA) is 61.5 Å². The lowest BCUT2D eigenvalue weighted by Gasteiger charge is -2.05. The Morgan fingerprint density at radius 1 is 1.60 bits per heavy atom. The number of pyridine rings is 1. The standard InChI is InChI=1S/C10H12N4O/c1-14(2)7-13-10-8(6-11)9(15-3)4-5-12-10/h4-5,7H,1-3H3. The van der Waals surface area contributed by atoms with E-state index < -0.39 is 0 Å². The van der Waals surface area contributed by atoms with Crippen LogP contribution in [0.25, 0.3) is 0 Å². The van der Waals surface area contributed by atoms with Crippen molar-refractivity contribution in [3.05, 3.63) is 17.8 Å². The van der Waals surface area contributed by atoms with E-state index in [1.807, 2.05) is 20.2 Å². The smallest absolute Gasteiger partial charge is 0.175 e. The fraction of sp³-hybridized carbons (Fsp3) is 0.300. The van der Waals surface area contributed by atoms with Crippen LogP contribution in [-0.4, -0.2) is 37.4 Å². The van der Waals surface area contributed by atoms with Crippen molar-refractivity contribution in [3.63, 3.8) is 0 Å². The van der Waals surface area contributed by atoms with E-state index in [1.54, 1.807) is 23.5 Å². The maximum absolute atomic E-state index is 8.94. The first-order chi connectivity index (χ1) is 7.19. The lowest BCUT2D eigenvalue weighted by atomic mass is 10.2. The number of rotatable bonds is 3. The molecule has 0 amide bonds. The minimum atomic E-state index is 0.345. The van der Waals surface area contributed by atoms with E-state index in [9.17, 15) is 0 Å². The zero-order chi connectivity index (χ0) is 11.3. The maximum atomic E-state index is 8.94. The zero-order valence-electron chi connectivity index (χ0n) is 8.93. The molecule has 15 heavy (non-hydrogen) atoms. The summed E-state index contributed by atoms with van der Waals surface area (Å²) in [6.45, 7) is 0. The van der Waals surface area contributed by atoms with Gasteiger partial charge in [0.1, 0.15) is 17.4 Å². The van der Waals surface area contributed by atoms with Gasteiger partial charge in [-0.25, -0.2) is 9.98 Å². The average molecular weight is 204 g/mol. The number of nitrogens with zero attached hydrogens (tertiary/aromatic N) is 4. The van der Waals surface area contributed by atoms with Crippen molar-refractivity contribution in [2.45, 2.75) is 0 Å². The second-order valence-electron chi connectivity index (χ2n) is 3.03. The number of hydrogen-bond acceptors (Lipinski definition) is 4. The molecule has 5 heteroatoms. The summed E-state index contributed by atoms with van der Waals surface area (Å²) in [7, 11) is 5.20. The summed E-state index contributed by atoms with van der Waals surface area (Å²) < 4.78 is 5.03. The van der Waals surface area contributed by atoms with E-state index >= 15 is 0 Å². The van der Waals surface area contributed by atoms with Gasteiger partial charge in [-0.2, -0.15) is 5.26 Å². The molecular formula is C10H12N4O. The molecule has 0 bridgehead atoms. The van der Waals surface area contributed by atoms with Crippen LogP contribution >= 0.6 is 0 Å². The highest BCUT2D eigenvalue weighted by molar-refractivity contribution is 5.64. The summed E-state index contributed by atoms with van der Waals surface area (Å²) >= 11 is 0. The number of nitriles is 1. The number of aromatic nitrogens is 1. The molecule has 0 aliphatic rings. The van der Waals surface area contributed by atoms with Gasteiger partial charge in [0, 0.05) is 20.3 Å². The van der Waals surface area contributed by atoms with Crippen molar-refractivity contribution >= 4 is 12.2 Å². The molecule has 1 rings (SSSR count). The third kappa shape index (κ3) is 2.68. The summed E-state index contributed by atoms with van der Waals surface area (Å²) in [4.78, 5) is 9.84. The zero-order valence-corrected chi connectivity index (χ0v) is 8.93. The van der Waals surface area contributed by atoms with Crippen molar-refractivity contribution in [2.75, 3.05) is 21.2 Å². The molecule has 0 aliphatic carbocycles. The van der Waals surface area contributed by atoms with Crippen LogP contribution < -0.4 is 4.74 Å². The third-order valence-corrected chi connectivity index (χ3v) is 1.64. The number of hydrogen-bond donors (Lipinski definition) is 0. The van der Waals surface area contributed by atoms with Crippen LogP contribution in [0.5, 0.6) is 5.75 Å². The lowest BCUT2D eigenvalue weighted by molar-refractivity contribution is 0.413. The molecule has 1 heterocycles. The second-order valence-corrected chi connectivity index (χ2v) is 3.03. The average Bonchev–Trinajstić information content (AvgIpc) is 2.25. The first-order valence-electron chi connectivity index (χ1n) is 4.32. The largest absolute Gasteiger partial charge is 0.495 e. The Kier molecular flexibility index (Phi) is 3.63. The molecule has 1 aromatic rings. The molecule has 0 fully saturated rings. The van der Waals surface area contributed by atoms with Gasteiger partial charge in [-0.15, -0.1) is 0 Å². The van der Waals surface area contributed by atoms with Crippen molar-refractivity contribution < 1.29 is 4.74 Å². The Labute approximate surface area is 88.6 Å². The first-order valence-corrected chi connectivity index (χ1v) is 4.32. The molecule has 0 unspecified atom stereocenters. The summed E-state index contributed by atoms with van der Waals surface area (Å²) in [5.41, 5.74) is 0.345. The minimum absolute atomic E-state index is 0.345. The molecule has 0 N–H and O–H groups in total. The minimum Gasteiger partial charge on any atom is -0.495 e. The van der Waals surface area contributed by atoms with E-state index in [1.165, 1.54) is 7.11 Å². The van der Waals surface area contributed by atoms with Gasteiger partial charge in [-0.05, 0) is 6.07 Å². The summed E-state index contributed by atoms with van der Waals surface area (Å²) in [6.07, 6.45) is 3.14. The molecule has 0 aromatic carbocycles. The first kappa shape index (κ1) is 11.0. The van der Waals surface area contributed by atoms with E-state index in [-0.39, 0.29) is 0 Å². The molecule has 0 aliphatic heterocycles. The monoisotopic (exact) mass is 204 g/mol. The molecule has 0 spiro atoms. The third-order valence-electron chi connectivity index (χ3n) is 1.64. The second kappa shape index (κ2) is 4.96. The Hall–Kier alpha value is -2.09. The fourth-order valence-corrected chi connectivity index (χ4v) is 0.977.